The van der Waals surface area contributed by atoms with Crippen LogP contribution in [0.3, 0.4) is 0 Å². The van der Waals surface area contributed by atoms with Gasteiger partial charge in [-0.3, -0.25) is 9.59 Å². The highest BCUT2D eigenvalue weighted by Gasteiger charge is 2.18. The highest BCUT2D eigenvalue weighted by molar-refractivity contribution is 6.00. The first kappa shape index (κ1) is 19.9. The second-order valence-corrected chi connectivity index (χ2v) is 5.14. The standard InChI is InChI=1S/C17H19NO7/c1-10(8-14(19)20)16(22)11-4-6-12(7-5-11)18-13(17(23)25-3)9-15(21)24-2/h4-7,9-10,18H,8H2,1-3H3,(H,19,20)/b13-9+. The summed E-state index contributed by atoms with van der Waals surface area (Å²) < 4.78 is 9.04. The number of ketones is 1. The fourth-order valence-corrected chi connectivity index (χ4v) is 1.95. The summed E-state index contributed by atoms with van der Waals surface area (Å²) in [5, 5.41) is 11.4. The number of carboxylic acid groups (broad SMARTS) is 1. The van der Waals surface area contributed by atoms with E-state index in [9.17, 15) is 19.2 Å². The molecule has 1 unspecified atom stereocenters. The molecule has 0 aliphatic heterocycles. The van der Waals surface area contributed by atoms with Crippen molar-refractivity contribution in [3.8, 4) is 0 Å². The van der Waals surface area contributed by atoms with Crippen molar-refractivity contribution in [1.29, 1.82) is 0 Å². The molecular formula is C17H19NO7. The third kappa shape index (κ3) is 6.09. The topological polar surface area (TPSA) is 119 Å². The molecule has 0 bridgehead atoms. The van der Waals surface area contributed by atoms with E-state index in [-0.39, 0.29) is 17.9 Å². The molecule has 0 aliphatic carbocycles. The summed E-state index contributed by atoms with van der Waals surface area (Å²) in [7, 11) is 2.34. The number of hydrogen-bond acceptors (Lipinski definition) is 7. The lowest BCUT2D eigenvalue weighted by molar-refractivity contribution is -0.138. The monoisotopic (exact) mass is 349 g/mol. The van der Waals surface area contributed by atoms with E-state index in [1.165, 1.54) is 45.4 Å². The molecule has 0 radical (unpaired) electrons. The van der Waals surface area contributed by atoms with Crippen LogP contribution in [0.1, 0.15) is 23.7 Å². The summed E-state index contributed by atoms with van der Waals surface area (Å²) in [6.45, 7) is 1.54. The van der Waals surface area contributed by atoms with E-state index in [2.05, 4.69) is 14.8 Å². The van der Waals surface area contributed by atoms with E-state index in [0.29, 0.717) is 11.3 Å². The van der Waals surface area contributed by atoms with Crippen LogP contribution in [0.2, 0.25) is 0 Å². The fourth-order valence-electron chi connectivity index (χ4n) is 1.95. The molecule has 2 N–H and O–H groups in total. The molecule has 0 heterocycles. The quantitative estimate of drug-likeness (QED) is 0.413. The molecule has 1 aromatic rings. The third-order valence-corrected chi connectivity index (χ3v) is 3.25. The van der Waals surface area contributed by atoms with Crippen molar-refractivity contribution < 1.29 is 33.8 Å². The zero-order chi connectivity index (χ0) is 19.0. The van der Waals surface area contributed by atoms with Crippen molar-refractivity contribution in [2.45, 2.75) is 13.3 Å². The summed E-state index contributed by atoms with van der Waals surface area (Å²) in [5.41, 5.74) is 0.645. The number of methoxy groups -OCH3 is 2. The van der Waals surface area contributed by atoms with Crippen LogP contribution in [-0.2, 0) is 23.9 Å². The van der Waals surface area contributed by atoms with Crippen LogP contribution < -0.4 is 5.32 Å². The van der Waals surface area contributed by atoms with E-state index in [4.69, 9.17) is 5.11 Å². The average Bonchev–Trinajstić information content (AvgIpc) is 2.59. The Hall–Kier alpha value is -3.16. The molecule has 134 valence electrons. The van der Waals surface area contributed by atoms with Crippen LogP contribution in [-0.4, -0.2) is 43.0 Å². The molecule has 1 atom stereocenters. The predicted octanol–water partition coefficient (Wildman–Crippen LogP) is 1.62. The van der Waals surface area contributed by atoms with E-state index in [1.54, 1.807) is 0 Å². The number of esters is 2. The van der Waals surface area contributed by atoms with Gasteiger partial charge in [0.25, 0.3) is 0 Å². The summed E-state index contributed by atoms with van der Waals surface area (Å²) in [6.07, 6.45) is 0.688. The number of rotatable bonds is 8. The van der Waals surface area contributed by atoms with Crippen LogP contribution in [0.5, 0.6) is 0 Å². The molecule has 25 heavy (non-hydrogen) atoms. The van der Waals surface area contributed by atoms with Gasteiger partial charge in [-0.25, -0.2) is 9.59 Å². The predicted molar refractivity (Wildman–Crippen MR) is 87.9 cm³/mol. The Morgan fingerprint density at radius 1 is 1.12 bits per heavy atom. The number of nitrogens with one attached hydrogen (secondary N) is 1. The Morgan fingerprint density at radius 2 is 1.72 bits per heavy atom. The smallest absolute Gasteiger partial charge is 0.354 e. The van der Waals surface area contributed by atoms with Crippen molar-refractivity contribution in [3.05, 3.63) is 41.6 Å². The molecule has 0 saturated heterocycles. The Bertz CT molecular complexity index is 691. The van der Waals surface area contributed by atoms with Crippen molar-refractivity contribution in [2.75, 3.05) is 19.5 Å². The number of carboxylic acids is 1. The highest BCUT2D eigenvalue weighted by Crippen LogP contribution is 2.17. The fraction of sp³-hybridized carbons (Fsp3) is 0.294. The number of carbonyl (C=O) groups excluding carboxylic acids is 3. The Kier molecular flexibility index (Phi) is 7.33. The zero-order valence-corrected chi connectivity index (χ0v) is 14.1. The number of Topliss-reactive ketones (excluding diaryl/α,β-unsaturated/α-hetero) is 1. The Balaban J connectivity index is 2.92. The molecular weight excluding hydrogens is 330 g/mol. The van der Waals surface area contributed by atoms with E-state index < -0.39 is 23.8 Å². The number of carbonyl (C=O) groups is 4. The summed E-state index contributed by atoms with van der Waals surface area (Å²) >= 11 is 0. The number of benzene rings is 1. The summed E-state index contributed by atoms with van der Waals surface area (Å²) in [5.74, 6) is -3.49. The lowest BCUT2D eigenvalue weighted by Crippen LogP contribution is -2.16. The minimum absolute atomic E-state index is 0.132. The molecule has 0 aromatic heterocycles. The van der Waals surface area contributed by atoms with Gasteiger partial charge in [-0.1, -0.05) is 6.92 Å². The van der Waals surface area contributed by atoms with Gasteiger partial charge in [0.15, 0.2) is 5.78 Å². The zero-order valence-electron chi connectivity index (χ0n) is 14.1. The maximum Gasteiger partial charge on any atom is 0.354 e. The van der Waals surface area contributed by atoms with Crippen LogP contribution in [0.25, 0.3) is 0 Å². The molecule has 0 fully saturated rings. The molecule has 8 nitrogen and oxygen atoms in total. The summed E-state index contributed by atoms with van der Waals surface area (Å²) in [6, 6.07) is 6.04. The number of anilines is 1. The van der Waals surface area contributed by atoms with E-state index >= 15 is 0 Å². The largest absolute Gasteiger partial charge is 0.481 e. The molecule has 8 heteroatoms. The van der Waals surface area contributed by atoms with E-state index in [1.807, 2.05) is 0 Å². The van der Waals surface area contributed by atoms with Crippen LogP contribution >= 0.6 is 0 Å². The minimum Gasteiger partial charge on any atom is -0.481 e. The van der Waals surface area contributed by atoms with Crippen molar-refractivity contribution in [3.63, 3.8) is 0 Å². The Morgan fingerprint density at radius 3 is 2.20 bits per heavy atom. The second kappa shape index (κ2) is 9.21. The van der Waals surface area contributed by atoms with Crippen LogP contribution in [0, 0.1) is 5.92 Å². The maximum atomic E-state index is 12.1. The molecule has 1 aromatic carbocycles. The van der Waals surface area contributed by atoms with Gasteiger partial charge in [0.1, 0.15) is 5.70 Å². The number of aliphatic carboxylic acids is 1. The molecule has 0 saturated carbocycles. The summed E-state index contributed by atoms with van der Waals surface area (Å²) in [4.78, 5) is 45.8. The molecule has 1 rings (SSSR count). The number of ether oxygens (including phenoxy) is 2. The minimum atomic E-state index is -1.05. The van der Waals surface area contributed by atoms with Gasteiger partial charge in [0.05, 0.1) is 26.7 Å². The second-order valence-electron chi connectivity index (χ2n) is 5.14. The normalized spacial score (nSPS) is 12.0. The first-order chi connectivity index (χ1) is 11.8. The lowest BCUT2D eigenvalue weighted by Gasteiger charge is -2.11. The SMILES string of the molecule is COC(=O)/C=C(/Nc1ccc(C(=O)C(C)CC(=O)O)cc1)C(=O)OC. The Labute approximate surface area is 144 Å². The maximum absolute atomic E-state index is 12.1. The van der Waals surface area contributed by atoms with E-state index in [0.717, 1.165) is 6.08 Å². The first-order valence-corrected chi connectivity index (χ1v) is 7.29. The van der Waals surface area contributed by atoms with Crippen molar-refractivity contribution >= 4 is 29.4 Å². The van der Waals surface area contributed by atoms with Crippen LogP contribution in [0.4, 0.5) is 5.69 Å². The molecule has 0 spiro atoms. The average molecular weight is 349 g/mol. The first-order valence-electron chi connectivity index (χ1n) is 7.29. The van der Waals surface area contributed by atoms with Crippen molar-refractivity contribution in [2.24, 2.45) is 5.92 Å². The van der Waals surface area contributed by atoms with Gasteiger partial charge in [-0.2, -0.15) is 0 Å². The van der Waals surface area contributed by atoms with Crippen molar-refractivity contribution in [1.82, 2.24) is 0 Å². The van der Waals surface area contributed by atoms with Gasteiger partial charge in [-0.05, 0) is 24.3 Å². The van der Waals surface area contributed by atoms with Gasteiger partial charge in [-0.15, -0.1) is 0 Å². The molecule has 0 aliphatic rings. The van der Waals surface area contributed by atoms with Crippen LogP contribution in [0.15, 0.2) is 36.0 Å². The third-order valence-electron chi connectivity index (χ3n) is 3.25. The van der Waals surface area contributed by atoms with Gasteiger partial charge in [0.2, 0.25) is 0 Å². The highest BCUT2D eigenvalue weighted by atomic mass is 16.5. The van der Waals surface area contributed by atoms with Gasteiger partial charge in [0, 0.05) is 17.2 Å². The lowest BCUT2D eigenvalue weighted by atomic mass is 9.96. The number of hydrogen-bond donors (Lipinski definition) is 2. The van der Waals surface area contributed by atoms with Gasteiger partial charge < -0.3 is 19.9 Å². The van der Waals surface area contributed by atoms with Gasteiger partial charge >= 0.3 is 17.9 Å². The molecule has 0 amide bonds.